The Hall–Kier alpha value is -1.56. The summed E-state index contributed by atoms with van der Waals surface area (Å²) in [5.74, 6) is -1.66. The molecule has 3 aliphatic carbocycles. The summed E-state index contributed by atoms with van der Waals surface area (Å²) in [7, 11) is 1.99. The molecule has 8 aliphatic rings. The zero-order valence-corrected chi connectivity index (χ0v) is 38.1. The molecule has 62 heavy (non-hydrogen) atoms. The standard InChI is InChI=1S/C48H81N5O9/c1-5-26(13-15-50-4)47(59)61-37-21-34-43(58)41-36(57)20-31(23-54)60-45(41)42-40-32-14-16-52-46(49)39(32)28(9-8-27-10-11-30(56)19-33(27)35(40)24-55)18-29(48(37,3)62-44(34)42)17-25-7-12-38(51-6-2)53-22-25/h5,25,27-35,37-46,50-56,58H,6-24,49H2,1-4H3/p+2. The van der Waals surface area contributed by atoms with E-state index >= 15 is 0 Å². The lowest BCUT2D eigenvalue weighted by atomic mass is 9.50. The lowest BCUT2D eigenvalue weighted by Gasteiger charge is -2.63. The number of carbonyl (C=O) groups excluding carboxylic acids is 2. The van der Waals surface area contributed by atoms with Gasteiger partial charge in [0.25, 0.3) is 0 Å². The van der Waals surface area contributed by atoms with Gasteiger partial charge in [0.1, 0.15) is 23.7 Å². The average molecular weight is 874 g/mol. The third kappa shape index (κ3) is 8.99. The quantitative estimate of drug-likeness (QED) is 0.100. The summed E-state index contributed by atoms with van der Waals surface area (Å²) >= 11 is 0. The zero-order valence-electron chi connectivity index (χ0n) is 38.1. The number of quaternary nitrogens is 2. The van der Waals surface area contributed by atoms with E-state index in [4.69, 9.17) is 19.9 Å². The highest BCUT2D eigenvalue weighted by molar-refractivity contribution is 5.88. The summed E-state index contributed by atoms with van der Waals surface area (Å²) in [4.78, 5) is 28.8. The number of aliphatic hydroxyl groups excluding tert-OH is 4. The van der Waals surface area contributed by atoms with Crippen LogP contribution in [0.3, 0.4) is 0 Å². The number of ketones is 1. The molecule has 0 aromatic heterocycles. The van der Waals surface area contributed by atoms with Crippen LogP contribution in [-0.4, -0.2) is 133 Å². The van der Waals surface area contributed by atoms with E-state index in [0.717, 1.165) is 84.0 Å². The van der Waals surface area contributed by atoms with E-state index in [1.807, 2.05) is 20.0 Å². The number of nitrogens with two attached hydrogens (primary N) is 3. The highest BCUT2D eigenvalue weighted by Gasteiger charge is 2.67. The van der Waals surface area contributed by atoms with Crippen LogP contribution in [0.4, 0.5) is 0 Å². The van der Waals surface area contributed by atoms with Gasteiger partial charge in [-0.3, -0.25) is 10.1 Å². The number of carbonyl (C=O) groups is 2. The summed E-state index contributed by atoms with van der Waals surface area (Å²) in [6.45, 7) is 9.23. The number of ether oxygens (including phenoxy) is 3. The smallest absolute Gasteiger partial charge is 0.334 e. The molecular weight excluding hydrogens is 791 g/mol. The molecule has 5 saturated heterocycles. The fourth-order valence-electron chi connectivity index (χ4n) is 15.3. The van der Waals surface area contributed by atoms with Crippen molar-refractivity contribution in [1.29, 1.82) is 0 Å². The normalized spacial score (nSPS) is 48.4. The second-order valence-electron chi connectivity index (χ2n) is 21.4. The Kier molecular flexibility index (Phi) is 15.2. The van der Waals surface area contributed by atoms with Crippen molar-refractivity contribution in [1.82, 2.24) is 10.6 Å². The van der Waals surface area contributed by atoms with Crippen LogP contribution in [0, 0.1) is 71.0 Å². The van der Waals surface area contributed by atoms with E-state index in [2.05, 4.69) is 35.1 Å². The molecule has 8 fully saturated rings. The van der Waals surface area contributed by atoms with Crippen molar-refractivity contribution in [2.45, 2.75) is 159 Å². The molecular formula is C48H83N5O9+2. The van der Waals surface area contributed by atoms with Crippen molar-refractivity contribution in [3.8, 4) is 0 Å². The van der Waals surface area contributed by atoms with Crippen LogP contribution in [0.5, 0.6) is 0 Å². The van der Waals surface area contributed by atoms with Crippen molar-refractivity contribution < 1.29 is 54.9 Å². The van der Waals surface area contributed by atoms with Crippen molar-refractivity contribution in [2.75, 3.05) is 46.4 Å². The lowest BCUT2D eigenvalue weighted by molar-refractivity contribution is -0.708. The van der Waals surface area contributed by atoms with Crippen molar-refractivity contribution in [3.63, 3.8) is 0 Å². The van der Waals surface area contributed by atoms with Crippen LogP contribution in [0.1, 0.15) is 104 Å². The summed E-state index contributed by atoms with van der Waals surface area (Å²) in [6.07, 6.45) is 7.55. The highest BCUT2D eigenvalue weighted by Crippen LogP contribution is 2.61. The third-order valence-corrected chi connectivity index (χ3v) is 18.3. The minimum Gasteiger partial charge on any atom is -0.456 e. The molecule has 5 heterocycles. The number of hydrogen-bond acceptors (Lipinski definition) is 12. The molecule has 21 atom stereocenters. The summed E-state index contributed by atoms with van der Waals surface area (Å²) < 4.78 is 21.6. The van der Waals surface area contributed by atoms with Crippen molar-refractivity contribution >= 4 is 11.8 Å². The van der Waals surface area contributed by atoms with E-state index in [-0.39, 0.29) is 79.0 Å². The fourth-order valence-corrected chi connectivity index (χ4v) is 15.3. The van der Waals surface area contributed by atoms with Crippen LogP contribution in [0.25, 0.3) is 0 Å². The molecule has 12 N–H and O–H groups in total. The summed E-state index contributed by atoms with van der Waals surface area (Å²) in [5.41, 5.74) is 7.03. The monoisotopic (exact) mass is 874 g/mol. The lowest BCUT2D eigenvalue weighted by Crippen LogP contribution is -2.95. The predicted octanol–water partition coefficient (Wildman–Crippen LogP) is 0.159. The van der Waals surface area contributed by atoms with Gasteiger partial charge < -0.3 is 56.3 Å². The van der Waals surface area contributed by atoms with E-state index in [1.165, 1.54) is 0 Å². The molecule has 8 rings (SSSR count). The summed E-state index contributed by atoms with van der Waals surface area (Å²) in [5, 5.41) is 58.3. The summed E-state index contributed by atoms with van der Waals surface area (Å²) in [6, 6.07) is 0. The zero-order chi connectivity index (χ0) is 43.9. The number of nitrogens with one attached hydrogen (secondary N) is 2. The Morgan fingerprint density at radius 1 is 1.00 bits per heavy atom. The van der Waals surface area contributed by atoms with Crippen LogP contribution in [-0.2, 0) is 23.8 Å². The Morgan fingerprint density at radius 2 is 1.79 bits per heavy atom. The Bertz CT molecular complexity index is 1560. The van der Waals surface area contributed by atoms with Crippen LogP contribution < -0.4 is 27.0 Å². The first-order valence-corrected chi connectivity index (χ1v) is 25.1. The minimum absolute atomic E-state index is 0.0118. The van der Waals surface area contributed by atoms with Crippen LogP contribution >= 0.6 is 0 Å². The molecule has 14 nitrogen and oxygen atoms in total. The van der Waals surface area contributed by atoms with E-state index in [0.29, 0.717) is 42.8 Å². The first kappa shape index (κ1) is 47.0. The van der Waals surface area contributed by atoms with Gasteiger partial charge in [-0.15, -0.1) is 0 Å². The number of piperidine rings is 2. The topological polar surface area (TPSA) is 226 Å². The number of Topliss-reactive ketones (excluding diaryl/α,β-unsaturated/α-hetero) is 1. The van der Waals surface area contributed by atoms with Gasteiger partial charge in [0, 0.05) is 49.2 Å². The molecule has 21 unspecified atom stereocenters. The molecule has 0 aromatic carbocycles. The maximum absolute atomic E-state index is 14.5. The predicted molar refractivity (Wildman–Crippen MR) is 232 cm³/mol. The Balaban J connectivity index is 1.31. The Labute approximate surface area is 370 Å². The van der Waals surface area contributed by atoms with Crippen molar-refractivity contribution in [2.24, 2.45) is 76.7 Å². The molecule has 4 bridgehead atoms. The highest BCUT2D eigenvalue weighted by atomic mass is 16.6. The van der Waals surface area contributed by atoms with Gasteiger partial charge in [-0.05, 0) is 138 Å². The largest absolute Gasteiger partial charge is 0.456 e. The third-order valence-electron chi connectivity index (χ3n) is 18.3. The number of allylic oxidation sites excluding steroid dienone is 1. The number of esters is 1. The minimum atomic E-state index is -1.11. The van der Waals surface area contributed by atoms with E-state index in [9.17, 15) is 30.0 Å². The van der Waals surface area contributed by atoms with Gasteiger partial charge in [0.15, 0.2) is 0 Å². The molecule has 0 amide bonds. The SMILES string of the molecule is CC=C(CC[NH2+]C)C(=O)OC1CC2C(O)C3C(=O)CC(CO)OC3C3C2OC1(C)C(CC1CCC(NCC)[NH2+]C1)CC1CCC2CCC(O)CC2C(CO)C3C2CCNC(N)C12. The second-order valence-corrected chi connectivity index (χ2v) is 21.4. The van der Waals surface area contributed by atoms with Crippen LogP contribution in [0.15, 0.2) is 11.6 Å². The molecule has 0 radical (unpaired) electrons. The van der Waals surface area contributed by atoms with Gasteiger partial charge in [0.05, 0.1) is 69.3 Å². The number of hydrogen-bond donors (Lipinski definition) is 9. The molecule has 352 valence electrons. The van der Waals surface area contributed by atoms with Gasteiger partial charge in [-0.25, -0.2) is 4.79 Å². The van der Waals surface area contributed by atoms with Gasteiger partial charge in [0.2, 0.25) is 0 Å². The van der Waals surface area contributed by atoms with Crippen LogP contribution in [0.2, 0.25) is 0 Å². The number of rotatable bonds is 11. The fraction of sp³-hybridized carbons (Fsp3) is 0.917. The van der Waals surface area contributed by atoms with Gasteiger partial charge >= 0.3 is 5.97 Å². The molecule has 5 aliphatic heterocycles. The maximum Gasteiger partial charge on any atom is 0.334 e. The molecule has 0 spiro atoms. The maximum atomic E-state index is 14.5. The second kappa shape index (κ2) is 20.1. The van der Waals surface area contributed by atoms with E-state index in [1.54, 1.807) is 0 Å². The number of aliphatic hydroxyl groups is 4. The molecule has 14 heteroatoms. The number of fused-ring (bicyclic) bond motifs is 5. The van der Waals surface area contributed by atoms with Crippen molar-refractivity contribution in [3.05, 3.63) is 11.6 Å². The first-order chi connectivity index (χ1) is 29.9. The van der Waals surface area contributed by atoms with Gasteiger partial charge in [-0.1, -0.05) is 13.0 Å². The van der Waals surface area contributed by atoms with Gasteiger partial charge in [-0.2, -0.15) is 0 Å². The molecule has 0 aromatic rings. The Morgan fingerprint density at radius 3 is 2.50 bits per heavy atom. The first-order valence-electron chi connectivity index (χ1n) is 25.1. The van der Waals surface area contributed by atoms with E-state index < -0.39 is 60.0 Å². The average Bonchev–Trinajstić information content (AvgIpc) is 3.31. The molecule has 3 saturated carbocycles.